The van der Waals surface area contributed by atoms with E-state index < -0.39 is 0 Å². The molecule has 3 aromatic rings. The maximum atomic E-state index is 12.0. The van der Waals surface area contributed by atoms with Crippen LogP contribution in [0.1, 0.15) is 11.8 Å². The Hall–Kier alpha value is -3.12. The van der Waals surface area contributed by atoms with Crippen molar-refractivity contribution in [3.63, 3.8) is 0 Å². The lowest BCUT2D eigenvalue weighted by Crippen LogP contribution is -2.38. The number of nitrogens with one attached hydrogen (secondary N) is 1. The Morgan fingerprint density at radius 2 is 1.68 bits per heavy atom. The van der Waals surface area contributed by atoms with Gasteiger partial charge in [0.1, 0.15) is 11.5 Å². The van der Waals surface area contributed by atoms with Gasteiger partial charge in [-0.1, -0.05) is 24.3 Å². The molecule has 0 aliphatic carbocycles. The van der Waals surface area contributed by atoms with Gasteiger partial charge in [0, 0.05) is 30.6 Å². The van der Waals surface area contributed by atoms with Crippen molar-refractivity contribution >= 4 is 28.8 Å². The van der Waals surface area contributed by atoms with Crippen molar-refractivity contribution in [2.75, 3.05) is 18.0 Å². The average Bonchev–Trinajstić information content (AvgIpc) is 3.20. The van der Waals surface area contributed by atoms with Crippen LogP contribution in [0, 0.1) is 0 Å². The van der Waals surface area contributed by atoms with Crippen LogP contribution in [0.4, 0.5) is 5.69 Å². The van der Waals surface area contributed by atoms with Crippen LogP contribution >= 0.6 is 11.3 Å². The molecule has 1 aromatic heterocycles. The maximum Gasteiger partial charge on any atom is 0.225 e. The van der Waals surface area contributed by atoms with E-state index in [1.807, 2.05) is 72.1 Å². The predicted molar refractivity (Wildman–Crippen MR) is 112 cm³/mol. The lowest BCUT2D eigenvalue weighted by molar-refractivity contribution is -0.120. The smallest absolute Gasteiger partial charge is 0.225 e. The summed E-state index contributed by atoms with van der Waals surface area (Å²) in [5.74, 6) is 1.33. The number of amides is 2. The number of nitrogens with zero attached hydrogens (tertiary/aromatic N) is 1. The summed E-state index contributed by atoms with van der Waals surface area (Å²) in [5.41, 5.74) is 0.764. The van der Waals surface area contributed by atoms with Gasteiger partial charge in [-0.05, 0) is 47.8 Å². The minimum Gasteiger partial charge on any atom is -0.457 e. The number of ether oxygens (including phenoxy) is 1. The van der Waals surface area contributed by atoms with Crippen molar-refractivity contribution in [3.8, 4) is 11.5 Å². The number of carbonyl (C=O) groups excluding carboxylic acids is 2. The first-order valence-corrected chi connectivity index (χ1v) is 9.90. The van der Waals surface area contributed by atoms with Crippen molar-refractivity contribution in [2.24, 2.45) is 0 Å². The van der Waals surface area contributed by atoms with E-state index in [1.54, 1.807) is 16.2 Å². The topological polar surface area (TPSA) is 58.6 Å². The molecule has 5 nitrogen and oxygen atoms in total. The van der Waals surface area contributed by atoms with Gasteiger partial charge in [0.05, 0.1) is 6.42 Å². The van der Waals surface area contributed by atoms with Gasteiger partial charge < -0.3 is 15.0 Å². The molecule has 2 aromatic carbocycles. The Labute approximate surface area is 168 Å². The van der Waals surface area contributed by atoms with Crippen LogP contribution in [-0.4, -0.2) is 24.9 Å². The van der Waals surface area contributed by atoms with Gasteiger partial charge in [0.25, 0.3) is 0 Å². The lowest BCUT2D eigenvalue weighted by atomic mass is 10.2. The van der Waals surface area contributed by atoms with E-state index >= 15 is 0 Å². The molecule has 0 fully saturated rings. The fourth-order valence-corrected chi connectivity index (χ4v) is 3.43. The molecule has 1 N–H and O–H groups in total. The van der Waals surface area contributed by atoms with Crippen LogP contribution in [0.3, 0.4) is 0 Å². The number of benzene rings is 2. The zero-order valence-electron chi connectivity index (χ0n) is 15.6. The summed E-state index contributed by atoms with van der Waals surface area (Å²) < 4.78 is 5.78. The summed E-state index contributed by atoms with van der Waals surface area (Å²) in [6, 6.07) is 20.7. The SMILES string of the molecule is CC(=O)N(CCNC(=O)Cc1cccs1)c1ccc(Oc2ccccc2)cc1. The standard InChI is InChI=1S/C22H22N2O3S/c1-17(25)24(14-13-23-22(26)16-21-8-5-15-28-21)18-9-11-20(12-10-18)27-19-6-3-2-4-7-19/h2-12,15H,13-14,16H2,1H3,(H,23,26). The van der Waals surface area contributed by atoms with Crippen molar-refractivity contribution in [1.29, 1.82) is 0 Å². The van der Waals surface area contributed by atoms with E-state index in [0.717, 1.165) is 16.3 Å². The van der Waals surface area contributed by atoms with Crippen LogP contribution < -0.4 is 15.0 Å². The predicted octanol–water partition coefficient (Wildman–Crippen LogP) is 4.25. The highest BCUT2D eigenvalue weighted by Crippen LogP contribution is 2.24. The van der Waals surface area contributed by atoms with Crippen LogP contribution in [0.25, 0.3) is 0 Å². The monoisotopic (exact) mass is 394 g/mol. The molecule has 0 atom stereocenters. The maximum absolute atomic E-state index is 12.0. The largest absolute Gasteiger partial charge is 0.457 e. The summed E-state index contributed by atoms with van der Waals surface area (Å²) in [7, 11) is 0. The van der Waals surface area contributed by atoms with Crippen LogP contribution in [0.15, 0.2) is 72.1 Å². The number of anilines is 1. The number of carbonyl (C=O) groups is 2. The first kappa shape index (κ1) is 19.6. The van der Waals surface area contributed by atoms with Gasteiger partial charge >= 0.3 is 0 Å². The van der Waals surface area contributed by atoms with E-state index in [1.165, 1.54) is 6.92 Å². The van der Waals surface area contributed by atoms with Crippen LogP contribution in [-0.2, 0) is 16.0 Å². The summed E-state index contributed by atoms with van der Waals surface area (Å²) in [6.45, 7) is 2.32. The van der Waals surface area contributed by atoms with Crippen molar-refractivity contribution < 1.29 is 14.3 Å². The molecule has 1 heterocycles. The van der Waals surface area contributed by atoms with E-state index in [2.05, 4.69) is 5.32 Å². The molecular weight excluding hydrogens is 372 g/mol. The van der Waals surface area contributed by atoms with E-state index in [0.29, 0.717) is 25.3 Å². The summed E-state index contributed by atoms with van der Waals surface area (Å²) >= 11 is 1.56. The van der Waals surface area contributed by atoms with Gasteiger partial charge in [-0.25, -0.2) is 0 Å². The highest BCUT2D eigenvalue weighted by molar-refractivity contribution is 7.10. The summed E-state index contributed by atoms with van der Waals surface area (Å²) in [4.78, 5) is 26.7. The first-order chi connectivity index (χ1) is 13.6. The second-order valence-corrected chi connectivity index (χ2v) is 7.22. The number of hydrogen-bond donors (Lipinski definition) is 1. The summed E-state index contributed by atoms with van der Waals surface area (Å²) in [6.07, 6.45) is 0.364. The number of hydrogen-bond acceptors (Lipinski definition) is 4. The minimum absolute atomic E-state index is 0.0439. The lowest BCUT2D eigenvalue weighted by Gasteiger charge is -2.21. The van der Waals surface area contributed by atoms with Crippen molar-refractivity contribution in [2.45, 2.75) is 13.3 Å². The van der Waals surface area contributed by atoms with Crippen molar-refractivity contribution in [3.05, 3.63) is 77.0 Å². The van der Waals surface area contributed by atoms with Gasteiger partial charge in [-0.2, -0.15) is 0 Å². The Kier molecular flexibility index (Phi) is 6.81. The molecular formula is C22H22N2O3S. The molecule has 0 aliphatic rings. The average molecular weight is 394 g/mol. The Bertz CT molecular complexity index is 893. The third-order valence-corrected chi connectivity index (χ3v) is 4.96. The van der Waals surface area contributed by atoms with Crippen molar-refractivity contribution in [1.82, 2.24) is 5.32 Å². The molecule has 3 rings (SSSR count). The second kappa shape index (κ2) is 9.71. The molecule has 0 unspecified atom stereocenters. The van der Waals surface area contributed by atoms with Gasteiger partial charge in [-0.15, -0.1) is 11.3 Å². The number of rotatable bonds is 8. The van der Waals surface area contributed by atoms with Gasteiger partial charge in [0.2, 0.25) is 11.8 Å². The molecule has 0 aliphatic heterocycles. The number of para-hydroxylation sites is 1. The minimum atomic E-state index is -0.0794. The molecule has 0 saturated heterocycles. The third-order valence-electron chi connectivity index (χ3n) is 4.08. The normalized spacial score (nSPS) is 10.3. The third kappa shape index (κ3) is 5.69. The zero-order chi connectivity index (χ0) is 19.8. The first-order valence-electron chi connectivity index (χ1n) is 9.02. The molecule has 6 heteroatoms. The molecule has 144 valence electrons. The second-order valence-electron chi connectivity index (χ2n) is 6.19. The highest BCUT2D eigenvalue weighted by Gasteiger charge is 2.12. The highest BCUT2D eigenvalue weighted by atomic mass is 32.1. The van der Waals surface area contributed by atoms with Gasteiger partial charge in [0.15, 0.2) is 0 Å². The Balaban J connectivity index is 1.54. The Morgan fingerprint density at radius 1 is 0.964 bits per heavy atom. The van der Waals surface area contributed by atoms with Gasteiger partial charge in [-0.3, -0.25) is 9.59 Å². The van der Waals surface area contributed by atoms with E-state index in [4.69, 9.17) is 4.74 Å². The summed E-state index contributed by atoms with van der Waals surface area (Å²) in [5, 5.41) is 4.82. The quantitative estimate of drug-likeness (QED) is 0.621. The van der Waals surface area contributed by atoms with E-state index in [9.17, 15) is 9.59 Å². The van der Waals surface area contributed by atoms with Crippen LogP contribution in [0.5, 0.6) is 11.5 Å². The Morgan fingerprint density at radius 3 is 2.32 bits per heavy atom. The molecule has 0 spiro atoms. The van der Waals surface area contributed by atoms with E-state index in [-0.39, 0.29) is 11.8 Å². The van der Waals surface area contributed by atoms with Crippen LogP contribution in [0.2, 0.25) is 0 Å². The number of thiophene rings is 1. The zero-order valence-corrected chi connectivity index (χ0v) is 16.4. The molecule has 2 amide bonds. The molecule has 0 saturated carbocycles. The molecule has 0 radical (unpaired) electrons. The molecule has 0 bridgehead atoms. The fourth-order valence-electron chi connectivity index (χ4n) is 2.73. The molecule has 28 heavy (non-hydrogen) atoms. The fraction of sp³-hybridized carbons (Fsp3) is 0.182.